The number of anilines is 1. The highest BCUT2D eigenvalue weighted by Gasteiger charge is 2.61. The Bertz CT molecular complexity index is 1200. The zero-order valence-corrected chi connectivity index (χ0v) is 16.6. The van der Waals surface area contributed by atoms with E-state index in [0.717, 1.165) is 17.2 Å². The lowest BCUT2D eigenvalue weighted by Crippen LogP contribution is -2.45. The molecule has 2 aromatic rings. The summed E-state index contributed by atoms with van der Waals surface area (Å²) in [7, 11) is 0. The van der Waals surface area contributed by atoms with Gasteiger partial charge in [-0.15, -0.1) is 0 Å². The maximum Gasteiger partial charge on any atom is 0.289 e. The Kier molecular flexibility index (Phi) is 4.30. The molecule has 9 nitrogen and oxygen atoms in total. The number of hydrogen-bond acceptors (Lipinski definition) is 6. The van der Waals surface area contributed by atoms with Crippen molar-refractivity contribution in [1.82, 2.24) is 10.2 Å². The van der Waals surface area contributed by atoms with E-state index < -0.39 is 46.6 Å². The molecule has 0 radical (unpaired) electrons. The average molecular weight is 439 g/mol. The van der Waals surface area contributed by atoms with E-state index in [-0.39, 0.29) is 16.4 Å². The molecule has 0 bridgehead atoms. The van der Waals surface area contributed by atoms with Crippen LogP contribution in [0, 0.1) is 22.0 Å². The highest BCUT2D eigenvalue weighted by molar-refractivity contribution is 6.32. The molecule has 5 rings (SSSR count). The topological polar surface area (TPSA) is 122 Å². The van der Waals surface area contributed by atoms with Gasteiger partial charge in [-0.2, -0.15) is 0 Å². The predicted molar refractivity (Wildman–Crippen MR) is 111 cm³/mol. The molecule has 4 atom stereocenters. The fourth-order valence-corrected chi connectivity index (χ4v) is 4.91. The Morgan fingerprint density at radius 2 is 1.87 bits per heavy atom. The SMILES string of the molecule is O=C1NC(=O)[C@@H]2[C@@H]1[C@@H](C(=O)Nc1ccc(Cl)c([N+](=O)[O-])c1)N1C=Cc3ccccc3[C@@H]21. The van der Waals surface area contributed by atoms with E-state index in [9.17, 15) is 24.5 Å². The molecule has 31 heavy (non-hydrogen) atoms. The van der Waals surface area contributed by atoms with Crippen LogP contribution in [0.1, 0.15) is 17.2 Å². The van der Waals surface area contributed by atoms with Crippen LogP contribution in [0.4, 0.5) is 11.4 Å². The summed E-state index contributed by atoms with van der Waals surface area (Å²) in [6, 6.07) is 10.0. The van der Waals surface area contributed by atoms with Crippen molar-refractivity contribution in [2.24, 2.45) is 11.8 Å². The number of nitro benzene ring substituents is 1. The van der Waals surface area contributed by atoms with Gasteiger partial charge >= 0.3 is 0 Å². The van der Waals surface area contributed by atoms with E-state index in [1.807, 2.05) is 30.3 Å². The third-order valence-electron chi connectivity index (χ3n) is 5.98. The first kappa shape index (κ1) is 19.3. The second-order valence-corrected chi connectivity index (χ2v) is 8.01. The number of rotatable bonds is 3. The molecule has 3 heterocycles. The number of nitrogens with one attached hydrogen (secondary N) is 2. The van der Waals surface area contributed by atoms with Crippen LogP contribution in [0.2, 0.25) is 5.02 Å². The van der Waals surface area contributed by atoms with Gasteiger partial charge in [-0.3, -0.25) is 29.8 Å². The Morgan fingerprint density at radius 1 is 1.13 bits per heavy atom. The lowest BCUT2D eigenvalue weighted by molar-refractivity contribution is -0.384. The van der Waals surface area contributed by atoms with Gasteiger partial charge in [0.05, 0.1) is 22.8 Å². The van der Waals surface area contributed by atoms with E-state index in [1.165, 1.54) is 12.1 Å². The maximum absolute atomic E-state index is 13.3. The van der Waals surface area contributed by atoms with Crippen LogP contribution < -0.4 is 10.6 Å². The van der Waals surface area contributed by atoms with E-state index in [2.05, 4.69) is 10.6 Å². The van der Waals surface area contributed by atoms with Crippen molar-refractivity contribution < 1.29 is 19.3 Å². The molecule has 156 valence electrons. The molecule has 3 aliphatic rings. The van der Waals surface area contributed by atoms with Gasteiger partial charge in [0.15, 0.2) is 0 Å². The van der Waals surface area contributed by atoms with Crippen molar-refractivity contribution in [3.05, 3.63) is 74.9 Å². The largest absolute Gasteiger partial charge is 0.357 e. The number of nitrogens with zero attached hydrogens (tertiary/aromatic N) is 2. The molecule has 0 aromatic heterocycles. The number of carbonyl (C=O) groups excluding carboxylic acids is 3. The number of halogens is 1. The van der Waals surface area contributed by atoms with Gasteiger partial charge in [0.2, 0.25) is 17.7 Å². The van der Waals surface area contributed by atoms with Crippen LogP contribution in [0.5, 0.6) is 0 Å². The number of carbonyl (C=O) groups is 3. The van der Waals surface area contributed by atoms with Crippen LogP contribution in [0.15, 0.2) is 48.7 Å². The second-order valence-electron chi connectivity index (χ2n) is 7.60. The molecule has 2 saturated heterocycles. The molecule has 0 aliphatic carbocycles. The van der Waals surface area contributed by atoms with Gasteiger partial charge < -0.3 is 10.2 Å². The Morgan fingerprint density at radius 3 is 2.65 bits per heavy atom. The van der Waals surface area contributed by atoms with Crippen molar-refractivity contribution in [2.45, 2.75) is 12.1 Å². The molecule has 0 spiro atoms. The van der Waals surface area contributed by atoms with E-state index in [0.29, 0.717) is 0 Å². The zero-order chi connectivity index (χ0) is 21.9. The van der Waals surface area contributed by atoms with Crippen LogP contribution >= 0.6 is 11.6 Å². The van der Waals surface area contributed by atoms with Gasteiger partial charge in [0.1, 0.15) is 11.1 Å². The maximum atomic E-state index is 13.3. The molecule has 2 N–H and O–H groups in total. The van der Waals surface area contributed by atoms with E-state index in [4.69, 9.17) is 11.6 Å². The number of hydrogen-bond donors (Lipinski definition) is 2. The normalized spacial score (nSPS) is 25.5. The van der Waals surface area contributed by atoms with Crippen molar-refractivity contribution in [3.63, 3.8) is 0 Å². The average Bonchev–Trinajstić information content (AvgIpc) is 3.24. The minimum absolute atomic E-state index is 0.0552. The third kappa shape index (κ3) is 2.89. The molecule has 2 aromatic carbocycles. The summed E-state index contributed by atoms with van der Waals surface area (Å²) >= 11 is 5.84. The molecule has 0 unspecified atom stereocenters. The molecular weight excluding hydrogens is 424 g/mol. The highest BCUT2D eigenvalue weighted by Crippen LogP contribution is 2.50. The number of imide groups is 1. The fourth-order valence-electron chi connectivity index (χ4n) is 4.72. The summed E-state index contributed by atoms with van der Waals surface area (Å²) in [5.74, 6) is -3.04. The summed E-state index contributed by atoms with van der Waals surface area (Å²) in [5.41, 5.74) is 1.61. The van der Waals surface area contributed by atoms with Crippen LogP contribution in [-0.2, 0) is 14.4 Å². The number of nitro groups is 1. The monoisotopic (exact) mass is 438 g/mol. The second kappa shape index (κ2) is 6.92. The van der Waals surface area contributed by atoms with Crippen molar-refractivity contribution in [3.8, 4) is 0 Å². The van der Waals surface area contributed by atoms with Crippen LogP contribution in [-0.4, -0.2) is 33.6 Å². The lowest BCUT2D eigenvalue weighted by atomic mass is 9.84. The van der Waals surface area contributed by atoms with Crippen molar-refractivity contribution in [2.75, 3.05) is 5.32 Å². The molecule has 10 heteroatoms. The summed E-state index contributed by atoms with van der Waals surface area (Å²) in [4.78, 5) is 50.7. The van der Waals surface area contributed by atoms with Gasteiger partial charge in [-0.1, -0.05) is 35.9 Å². The standard InChI is InChI=1S/C21H15ClN4O5/c22-13-6-5-11(9-14(13)26(30)31)23-21(29)18-16-15(19(27)24-20(16)28)17-12-4-2-1-3-10(12)7-8-25(17)18/h1-9,15-18H,(H,23,29)(H,24,27,28)/t15-,16-,17+,18+/m1/s1. The van der Waals surface area contributed by atoms with Crippen LogP contribution in [0.3, 0.4) is 0 Å². The summed E-state index contributed by atoms with van der Waals surface area (Å²) in [5, 5.41) is 16.1. The van der Waals surface area contributed by atoms with Gasteiger partial charge in [0.25, 0.3) is 5.69 Å². The summed E-state index contributed by atoms with van der Waals surface area (Å²) < 4.78 is 0. The van der Waals surface area contributed by atoms with Crippen LogP contribution in [0.25, 0.3) is 6.08 Å². The molecule has 0 saturated carbocycles. The third-order valence-corrected chi connectivity index (χ3v) is 6.30. The molecular formula is C21H15ClN4O5. The first-order chi connectivity index (χ1) is 14.9. The summed E-state index contributed by atoms with van der Waals surface area (Å²) in [6.45, 7) is 0. The van der Waals surface area contributed by atoms with Gasteiger partial charge in [-0.05, 0) is 29.3 Å². The van der Waals surface area contributed by atoms with E-state index >= 15 is 0 Å². The van der Waals surface area contributed by atoms with Gasteiger partial charge in [-0.25, -0.2) is 0 Å². The molecule has 3 amide bonds. The zero-order valence-electron chi connectivity index (χ0n) is 15.8. The fraction of sp³-hybridized carbons (Fsp3) is 0.190. The van der Waals surface area contributed by atoms with Crippen molar-refractivity contribution >= 4 is 46.8 Å². The Labute approximate surface area is 180 Å². The minimum atomic E-state index is -0.958. The van der Waals surface area contributed by atoms with Gasteiger partial charge in [0, 0.05) is 18.0 Å². The molecule has 2 fully saturated rings. The predicted octanol–water partition coefficient (Wildman–Crippen LogP) is 2.49. The number of fused-ring (bicyclic) bond motifs is 5. The minimum Gasteiger partial charge on any atom is -0.357 e. The smallest absolute Gasteiger partial charge is 0.289 e. The first-order valence-corrected chi connectivity index (χ1v) is 9.88. The quantitative estimate of drug-likeness (QED) is 0.431. The number of benzene rings is 2. The lowest BCUT2D eigenvalue weighted by Gasteiger charge is -2.34. The van der Waals surface area contributed by atoms with Crippen molar-refractivity contribution in [1.29, 1.82) is 0 Å². The highest BCUT2D eigenvalue weighted by atomic mass is 35.5. The molecule has 3 aliphatic heterocycles. The summed E-state index contributed by atoms with van der Waals surface area (Å²) in [6.07, 6.45) is 3.56. The number of amides is 3. The first-order valence-electron chi connectivity index (χ1n) is 9.51. The Hall–Kier alpha value is -3.72. The van der Waals surface area contributed by atoms with E-state index in [1.54, 1.807) is 11.1 Å². The Balaban J connectivity index is 1.52.